The molecule has 1 atom stereocenters. The summed E-state index contributed by atoms with van der Waals surface area (Å²) in [7, 11) is 0. The lowest BCUT2D eigenvalue weighted by molar-refractivity contribution is 0.0701. The number of imidazole rings is 1. The number of aryl methyl sites for hydroxylation is 2. The summed E-state index contributed by atoms with van der Waals surface area (Å²) in [5, 5.41) is 0. The Balaban J connectivity index is 1.76. The van der Waals surface area contributed by atoms with Gasteiger partial charge in [-0.25, -0.2) is 4.98 Å². The van der Waals surface area contributed by atoms with Gasteiger partial charge in [0.2, 0.25) is 0 Å². The van der Waals surface area contributed by atoms with Crippen molar-refractivity contribution in [1.29, 1.82) is 0 Å². The highest BCUT2D eigenvalue weighted by atomic mass is 16.2. The molecular formula is C19H26N4O2. The van der Waals surface area contributed by atoms with Crippen molar-refractivity contribution in [2.24, 2.45) is 0 Å². The number of nitrogens with zero attached hydrogens (tertiary/aromatic N) is 3. The van der Waals surface area contributed by atoms with Crippen LogP contribution < -0.4 is 5.43 Å². The quantitative estimate of drug-likeness (QED) is 0.908. The van der Waals surface area contributed by atoms with E-state index in [4.69, 9.17) is 0 Å². The van der Waals surface area contributed by atoms with Crippen LogP contribution in [-0.4, -0.2) is 38.4 Å². The van der Waals surface area contributed by atoms with Crippen molar-refractivity contribution < 1.29 is 4.79 Å². The molecule has 1 saturated heterocycles. The standard InChI is InChI=1S/C19H26N4O2/c1-3-4-8-22-10-7-20-18(22)15-6-5-9-23(13-15)19(25)16-12-21-14(2)11-17(16)24/h7,10-12,15H,3-6,8-9,13H2,1-2H3,(H,21,24). The highest BCUT2D eigenvalue weighted by molar-refractivity contribution is 5.93. The van der Waals surface area contributed by atoms with Crippen LogP contribution in [0.1, 0.15) is 60.4 Å². The number of pyridine rings is 1. The zero-order chi connectivity index (χ0) is 17.8. The second-order valence-electron chi connectivity index (χ2n) is 6.82. The summed E-state index contributed by atoms with van der Waals surface area (Å²) in [6.07, 6.45) is 9.62. The first kappa shape index (κ1) is 17.5. The highest BCUT2D eigenvalue weighted by Gasteiger charge is 2.28. The van der Waals surface area contributed by atoms with Crippen LogP contribution in [0.25, 0.3) is 0 Å². The van der Waals surface area contributed by atoms with E-state index >= 15 is 0 Å². The van der Waals surface area contributed by atoms with E-state index in [0.717, 1.165) is 43.7 Å². The van der Waals surface area contributed by atoms with Gasteiger partial charge in [0.05, 0.1) is 0 Å². The summed E-state index contributed by atoms with van der Waals surface area (Å²) in [4.78, 5) is 34.2. The van der Waals surface area contributed by atoms with E-state index in [1.165, 1.54) is 12.3 Å². The molecule has 134 valence electrons. The number of amides is 1. The van der Waals surface area contributed by atoms with Crippen molar-refractivity contribution in [3.63, 3.8) is 0 Å². The molecule has 6 heteroatoms. The van der Waals surface area contributed by atoms with Crippen LogP contribution >= 0.6 is 0 Å². The molecule has 0 saturated carbocycles. The van der Waals surface area contributed by atoms with E-state index < -0.39 is 0 Å². The molecule has 3 rings (SSSR count). The predicted molar refractivity (Wildman–Crippen MR) is 96.8 cm³/mol. The van der Waals surface area contributed by atoms with Crippen LogP contribution in [0, 0.1) is 6.92 Å². The van der Waals surface area contributed by atoms with Crippen LogP contribution in [-0.2, 0) is 6.54 Å². The number of hydrogen-bond acceptors (Lipinski definition) is 3. The molecule has 0 aromatic carbocycles. The van der Waals surface area contributed by atoms with E-state index in [-0.39, 0.29) is 22.8 Å². The van der Waals surface area contributed by atoms with Gasteiger partial charge in [0.25, 0.3) is 5.91 Å². The molecule has 6 nitrogen and oxygen atoms in total. The number of rotatable bonds is 5. The van der Waals surface area contributed by atoms with Crippen molar-refractivity contribution >= 4 is 5.91 Å². The van der Waals surface area contributed by atoms with Crippen molar-refractivity contribution in [2.75, 3.05) is 13.1 Å². The molecule has 3 heterocycles. The van der Waals surface area contributed by atoms with Gasteiger partial charge < -0.3 is 14.5 Å². The molecule has 1 N–H and O–H groups in total. The van der Waals surface area contributed by atoms with Gasteiger partial charge in [0.1, 0.15) is 11.4 Å². The SMILES string of the molecule is CCCCn1ccnc1C1CCCN(C(=O)c2c[nH]c(C)cc2=O)C1. The topological polar surface area (TPSA) is 71.0 Å². The second-order valence-corrected chi connectivity index (χ2v) is 6.82. The fourth-order valence-corrected chi connectivity index (χ4v) is 3.48. The number of aromatic amines is 1. The first-order chi connectivity index (χ1) is 12.1. The number of carbonyl (C=O) groups excluding carboxylic acids is 1. The Morgan fingerprint density at radius 3 is 3.04 bits per heavy atom. The summed E-state index contributed by atoms with van der Waals surface area (Å²) in [6.45, 7) is 6.26. The molecule has 1 aliphatic heterocycles. The van der Waals surface area contributed by atoms with Crippen molar-refractivity contribution in [2.45, 2.75) is 52.0 Å². The van der Waals surface area contributed by atoms with Crippen LogP contribution in [0.4, 0.5) is 0 Å². The molecule has 25 heavy (non-hydrogen) atoms. The number of hydrogen-bond donors (Lipinski definition) is 1. The Morgan fingerprint density at radius 1 is 1.44 bits per heavy atom. The number of unbranched alkanes of at least 4 members (excludes halogenated alkanes) is 1. The molecule has 0 bridgehead atoms. The lowest BCUT2D eigenvalue weighted by atomic mass is 9.96. The minimum Gasteiger partial charge on any atom is -0.364 e. The zero-order valence-electron chi connectivity index (χ0n) is 15.0. The van der Waals surface area contributed by atoms with Crippen molar-refractivity contribution in [1.82, 2.24) is 19.4 Å². The molecule has 1 fully saturated rings. The van der Waals surface area contributed by atoms with Crippen LogP contribution in [0.15, 0.2) is 29.5 Å². The van der Waals surface area contributed by atoms with Crippen molar-refractivity contribution in [3.8, 4) is 0 Å². The van der Waals surface area contributed by atoms with Crippen molar-refractivity contribution in [3.05, 3.63) is 52.0 Å². The Bertz CT molecular complexity index is 793. The van der Waals surface area contributed by atoms with E-state index in [2.05, 4.69) is 21.5 Å². The number of nitrogens with one attached hydrogen (secondary N) is 1. The normalized spacial score (nSPS) is 17.7. The molecule has 0 radical (unpaired) electrons. The van der Waals surface area contributed by atoms with Gasteiger partial charge in [0.15, 0.2) is 5.43 Å². The highest BCUT2D eigenvalue weighted by Crippen LogP contribution is 2.26. The number of carbonyl (C=O) groups is 1. The maximum Gasteiger partial charge on any atom is 0.259 e. The smallest absolute Gasteiger partial charge is 0.259 e. The van der Waals surface area contributed by atoms with Gasteiger partial charge in [-0.15, -0.1) is 0 Å². The fraction of sp³-hybridized carbons (Fsp3) is 0.526. The summed E-state index contributed by atoms with van der Waals surface area (Å²) >= 11 is 0. The molecule has 1 amide bonds. The number of H-pyrrole nitrogens is 1. The summed E-state index contributed by atoms with van der Waals surface area (Å²) in [6, 6.07) is 1.48. The number of piperidine rings is 1. The second kappa shape index (κ2) is 7.68. The lowest BCUT2D eigenvalue weighted by Crippen LogP contribution is -2.41. The van der Waals surface area contributed by atoms with Gasteiger partial charge in [-0.3, -0.25) is 9.59 Å². The minimum atomic E-state index is -0.215. The molecule has 0 spiro atoms. The Labute approximate surface area is 147 Å². The van der Waals surface area contributed by atoms with E-state index in [9.17, 15) is 9.59 Å². The Morgan fingerprint density at radius 2 is 2.28 bits per heavy atom. The van der Waals surface area contributed by atoms with Crippen LogP contribution in [0.3, 0.4) is 0 Å². The van der Waals surface area contributed by atoms with Crippen LogP contribution in [0.2, 0.25) is 0 Å². The third kappa shape index (κ3) is 3.83. The maximum absolute atomic E-state index is 12.8. The molecule has 0 aliphatic carbocycles. The average Bonchev–Trinajstić information content (AvgIpc) is 3.08. The molecular weight excluding hydrogens is 316 g/mol. The van der Waals surface area contributed by atoms with E-state index in [0.29, 0.717) is 13.1 Å². The fourth-order valence-electron chi connectivity index (χ4n) is 3.48. The van der Waals surface area contributed by atoms with E-state index in [1.807, 2.05) is 19.3 Å². The first-order valence-electron chi connectivity index (χ1n) is 9.09. The number of likely N-dealkylation sites (tertiary alicyclic amines) is 1. The molecule has 2 aromatic heterocycles. The third-order valence-electron chi connectivity index (χ3n) is 4.86. The van der Waals surface area contributed by atoms with Gasteiger partial charge in [-0.05, 0) is 26.2 Å². The predicted octanol–water partition coefficient (Wildman–Crippen LogP) is 2.70. The monoisotopic (exact) mass is 342 g/mol. The Hall–Kier alpha value is -2.37. The minimum absolute atomic E-state index is 0.183. The van der Waals surface area contributed by atoms with Crippen LogP contribution in [0.5, 0.6) is 0 Å². The van der Waals surface area contributed by atoms with E-state index in [1.54, 1.807) is 4.90 Å². The summed E-state index contributed by atoms with van der Waals surface area (Å²) in [5.41, 5.74) is 0.768. The first-order valence-corrected chi connectivity index (χ1v) is 9.09. The molecule has 1 aliphatic rings. The van der Waals surface area contributed by atoms with Gasteiger partial charge in [0, 0.05) is 55.9 Å². The maximum atomic E-state index is 12.8. The average molecular weight is 342 g/mol. The molecule has 1 unspecified atom stereocenters. The summed E-state index contributed by atoms with van der Waals surface area (Å²) in [5.74, 6) is 1.11. The van der Waals surface area contributed by atoms with Gasteiger partial charge in [-0.1, -0.05) is 13.3 Å². The van der Waals surface area contributed by atoms with Gasteiger partial charge in [-0.2, -0.15) is 0 Å². The summed E-state index contributed by atoms with van der Waals surface area (Å²) < 4.78 is 2.21. The molecule has 2 aromatic rings. The largest absolute Gasteiger partial charge is 0.364 e. The zero-order valence-corrected chi connectivity index (χ0v) is 15.0. The Kier molecular flexibility index (Phi) is 5.36. The third-order valence-corrected chi connectivity index (χ3v) is 4.86. The lowest BCUT2D eigenvalue weighted by Gasteiger charge is -2.32. The number of aromatic nitrogens is 3. The van der Waals surface area contributed by atoms with Gasteiger partial charge >= 0.3 is 0 Å².